The summed E-state index contributed by atoms with van der Waals surface area (Å²) in [6.45, 7) is 10.8. The standard InChI is InChI=1S/C18H25NO2/c1-6-7-8-15-17-14(5)12(3)11(2)13(4)16(17)9-19(10-20)18(15)21/h8,20H,6-7,9-10H2,1-5H3/b15-8-. The molecule has 0 aliphatic carbocycles. The summed E-state index contributed by atoms with van der Waals surface area (Å²) < 4.78 is 0. The van der Waals surface area contributed by atoms with Crippen LogP contribution in [0.3, 0.4) is 0 Å². The van der Waals surface area contributed by atoms with Gasteiger partial charge in [0.25, 0.3) is 5.91 Å². The minimum absolute atomic E-state index is 0.0517. The van der Waals surface area contributed by atoms with Crippen LogP contribution in [0.25, 0.3) is 5.57 Å². The molecular weight excluding hydrogens is 262 g/mol. The van der Waals surface area contributed by atoms with Gasteiger partial charge in [-0.3, -0.25) is 4.79 Å². The van der Waals surface area contributed by atoms with Crippen molar-refractivity contribution in [1.29, 1.82) is 0 Å². The Kier molecular flexibility index (Phi) is 4.52. The van der Waals surface area contributed by atoms with E-state index in [1.807, 2.05) is 6.08 Å². The van der Waals surface area contributed by atoms with E-state index in [0.29, 0.717) is 6.54 Å². The third kappa shape index (κ3) is 2.51. The van der Waals surface area contributed by atoms with Gasteiger partial charge in [-0.1, -0.05) is 19.4 Å². The molecule has 0 saturated carbocycles. The first kappa shape index (κ1) is 15.8. The van der Waals surface area contributed by atoms with Crippen molar-refractivity contribution in [2.24, 2.45) is 0 Å². The lowest BCUT2D eigenvalue weighted by Gasteiger charge is -2.33. The van der Waals surface area contributed by atoms with Crippen LogP contribution in [-0.2, 0) is 11.3 Å². The highest BCUT2D eigenvalue weighted by Gasteiger charge is 2.31. The maximum atomic E-state index is 12.6. The van der Waals surface area contributed by atoms with Gasteiger partial charge in [0.05, 0.1) is 0 Å². The molecule has 0 spiro atoms. The minimum Gasteiger partial charge on any atom is -0.376 e. The van der Waals surface area contributed by atoms with Crippen molar-refractivity contribution >= 4 is 11.5 Å². The molecule has 1 aromatic rings. The maximum Gasteiger partial charge on any atom is 0.256 e. The van der Waals surface area contributed by atoms with E-state index in [1.54, 1.807) is 0 Å². The van der Waals surface area contributed by atoms with E-state index in [1.165, 1.54) is 32.7 Å². The molecule has 0 atom stereocenters. The van der Waals surface area contributed by atoms with E-state index in [4.69, 9.17) is 0 Å². The quantitative estimate of drug-likeness (QED) is 0.866. The lowest BCUT2D eigenvalue weighted by atomic mass is 9.82. The topological polar surface area (TPSA) is 40.5 Å². The molecule has 2 rings (SSSR count). The number of hydrogen-bond donors (Lipinski definition) is 1. The number of carbonyl (C=O) groups excluding carboxylic acids is 1. The number of nitrogens with zero attached hydrogens (tertiary/aromatic N) is 1. The van der Waals surface area contributed by atoms with E-state index >= 15 is 0 Å². The van der Waals surface area contributed by atoms with E-state index < -0.39 is 0 Å². The summed E-state index contributed by atoms with van der Waals surface area (Å²) >= 11 is 0. The van der Waals surface area contributed by atoms with Crippen molar-refractivity contribution in [2.45, 2.75) is 54.0 Å². The molecule has 0 aromatic heterocycles. The molecule has 1 aliphatic heterocycles. The molecular formula is C18H25NO2. The third-order valence-corrected chi connectivity index (χ3v) is 4.76. The van der Waals surface area contributed by atoms with Crippen LogP contribution in [0, 0.1) is 27.7 Å². The van der Waals surface area contributed by atoms with Gasteiger partial charge in [0.2, 0.25) is 0 Å². The molecule has 3 nitrogen and oxygen atoms in total. The fraction of sp³-hybridized carbons (Fsp3) is 0.500. The van der Waals surface area contributed by atoms with Crippen LogP contribution in [0.2, 0.25) is 0 Å². The van der Waals surface area contributed by atoms with Crippen LogP contribution >= 0.6 is 0 Å². The van der Waals surface area contributed by atoms with E-state index in [-0.39, 0.29) is 12.6 Å². The summed E-state index contributed by atoms with van der Waals surface area (Å²) in [6.07, 6.45) is 3.92. The average molecular weight is 287 g/mol. The van der Waals surface area contributed by atoms with Crippen LogP contribution in [0.4, 0.5) is 0 Å². The number of rotatable bonds is 3. The molecule has 1 aliphatic rings. The first-order valence-electron chi connectivity index (χ1n) is 7.63. The smallest absolute Gasteiger partial charge is 0.256 e. The van der Waals surface area contributed by atoms with E-state index in [2.05, 4.69) is 34.6 Å². The third-order valence-electron chi connectivity index (χ3n) is 4.76. The highest BCUT2D eigenvalue weighted by Crippen LogP contribution is 2.37. The van der Waals surface area contributed by atoms with E-state index in [9.17, 15) is 9.90 Å². The predicted octanol–water partition coefficient (Wildman–Crippen LogP) is 3.40. The zero-order valence-corrected chi connectivity index (χ0v) is 13.7. The van der Waals surface area contributed by atoms with Crippen LogP contribution in [0.5, 0.6) is 0 Å². The Morgan fingerprint density at radius 3 is 2.29 bits per heavy atom. The Hall–Kier alpha value is -1.61. The molecule has 0 bridgehead atoms. The van der Waals surface area contributed by atoms with Gasteiger partial charge in [0, 0.05) is 12.1 Å². The Morgan fingerprint density at radius 1 is 1.10 bits per heavy atom. The summed E-state index contributed by atoms with van der Waals surface area (Å²) in [5.74, 6) is -0.0517. The summed E-state index contributed by atoms with van der Waals surface area (Å²) in [7, 11) is 0. The number of fused-ring (bicyclic) bond motifs is 1. The van der Waals surface area contributed by atoms with Crippen molar-refractivity contribution in [3.63, 3.8) is 0 Å². The predicted molar refractivity (Wildman–Crippen MR) is 85.9 cm³/mol. The number of aliphatic hydroxyl groups excluding tert-OH is 1. The number of hydrogen-bond acceptors (Lipinski definition) is 2. The minimum atomic E-state index is -0.229. The maximum absolute atomic E-state index is 12.6. The number of carbonyl (C=O) groups is 1. The lowest BCUT2D eigenvalue weighted by Crippen LogP contribution is -2.37. The normalized spacial score (nSPS) is 16.6. The summed E-state index contributed by atoms with van der Waals surface area (Å²) in [4.78, 5) is 14.1. The van der Waals surface area contributed by atoms with Crippen molar-refractivity contribution in [3.05, 3.63) is 39.5 Å². The highest BCUT2D eigenvalue weighted by molar-refractivity contribution is 6.21. The van der Waals surface area contributed by atoms with Crippen molar-refractivity contribution in [1.82, 2.24) is 4.90 Å². The second-order valence-corrected chi connectivity index (χ2v) is 5.90. The Morgan fingerprint density at radius 2 is 1.71 bits per heavy atom. The SMILES string of the molecule is CCC/C=C1\C(=O)N(CO)Cc2c(C)c(C)c(C)c(C)c21. The molecule has 1 N–H and O–H groups in total. The summed E-state index contributed by atoms with van der Waals surface area (Å²) in [5, 5.41) is 9.49. The summed E-state index contributed by atoms with van der Waals surface area (Å²) in [6, 6.07) is 0. The van der Waals surface area contributed by atoms with Gasteiger partial charge < -0.3 is 10.0 Å². The molecule has 0 radical (unpaired) electrons. The van der Waals surface area contributed by atoms with Gasteiger partial charge in [-0.15, -0.1) is 0 Å². The van der Waals surface area contributed by atoms with Crippen LogP contribution in [-0.4, -0.2) is 22.6 Å². The molecule has 0 saturated heterocycles. The fourth-order valence-corrected chi connectivity index (χ4v) is 3.08. The largest absolute Gasteiger partial charge is 0.376 e. The molecule has 1 heterocycles. The first-order valence-corrected chi connectivity index (χ1v) is 7.63. The van der Waals surface area contributed by atoms with Crippen LogP contribution in [0.15, 0.2) is 6.08 Å². The number of unbranched alkanes of at least 4 members (excludes halogenated alkanes) is 1. The molecule has 0 fully saturated rings. The van der Waals surface area contributed by atoms with Gasteiger partial charge >= 0.3 is 0 Å². The molecule has 21 heavy (non-hydrogen) atoms. The average Bonchev–Trinajstić information content (AvgIpc) is 2.49. The van der Waals surface area contributed by atoms with Gasteiger partial charge in [-0.05, 0) is 67.5 Å². The van der Waals surface area contributed by atoms with Crippen LogP contribution < -0.4 is 0 Å². The van der Waals surface area contributed by atoms with Crippen LogP contribution in [0.1, 0.15) is 53.1 Å². The molecule has 0 unspecified atom stereocenters. The zero-order valence-electron chi connectivity index (χ0n) is 13.7. The highest BCUT2D eigenvalue weighted by atomic mass is 16.3. The second-order valence-electron chi connectivity index (χ2n) is 5.90. The van der Waals surface area contributed by atoms with Gasteiger partial charge in [0.15, 0.2) is 0 Å². The lowest BCUT2D eigenvalue weighted by molar-refractivity contribution is -0.129. The molecule has 1 aromatic carbocycles. The number of amides is 1. The Balaban J connectivity index is 2.74. The zero-order chi connectivity index (χ0) is 15.7. The van der Waals surface area contributed by atoms with Crippen molar-refractivity contribution in [2.75, 3.05) is 6.73 Å². The van der Waals surface area contributed by atoms with E-state index in [0.717, 1.165) is 24.0 Å². The van der Waals surface area contributed by atoms with Gasteiger partial charge in [0.1, 0.15) is 6.73 Å². The molecule has 3 heteroatoms. The second kappa shape index (κ2) is 6.02. The van der Waals surface area contributed by atoms with Crippen molar-refractivity contribution in [3.8, 4) is 0 Å². The Labute approximate surface area is 127 Å². The molecule has 1 amide bonds. The summed E-state index contributed by atoms with van der Waals surface area (Å²) in [5.41, 5.74) is 8.02. The van der Waals surface area contributed by atoms with Crippen molar-refractivity contribution < 1.29 is 9.90 Å². The molecule has 114 valence electrons. The Bertz CT molecular complexity index is 614. The van der Waals surface area contributed by atoms with Gasteiger partial charge in [-0.2, -0.15) is 0 Å². The number of benzene rings is 1. The number of aliphatic hydroxyl groups is 1. The first-order chi connectivity index (χ1) is 9.93. The number of allylic oxidation sites excluding steroid dienone is 1. The fourth-order valence-electron chi connectivity index (χ4n) is 3.08. The monoisotopic (exact) mass is 287 g/mol. The van der Waals surface area contributed by atoms with Gasteiger partial charge in [-0.25, -0.2) is 0 Å².